The largest absolute Gasteiger partial charge is 0.285 e. The van der Waals surface area contributed by atoms with Crippen LogP contribution < -0.4 is 0 Å². The lowest BCUT2D eigenvalue weighted by atomic mass is 11.8. The third kappa shape index (κ3) is 75.7. The topological polar surface area (TPSA) is 17.1 Å². The van der Waals surface area contributed by atoms with Crippen molar-refractivity contribution >= 4 is 40.7 Å². The number of carbonyl (C=O) groups excluding carboxylic acids is 1. The summed E-state index contributed by atoms with van der Waals surface area (Å²) in [5.41, 5.74) is 0. The third-order valence-corrected chi connectivity index (χ3v) is 0. The third-order valence-electron chi connectivity index (χ3n) is 0. The van der Waals surface area contributed by atoms with E-state index in [4.69, 9.17) is 4.79 Å². The molecule has 0 saturated heterocycles. The Bertz CT molecular complexity index is 17.1. The highest BCUT2D eigenvalue weighted by atomic mass is 35.5. The molecule has 5 heavy (non-hydrogen) atoms. The fourth-order valence-corrected chi connectivity index (χ4v) is 0. The molecule has 1 nitrogen and oxygen atoms in total. The van der Waals surface area contributed by atoms with Crippen LogP contribution >= 0.6 is 34.9 Å². The van der Waals surface area contributed by atoms with E-state index < -0.39 is 0 Å². The maximum Gasteiger partial charge on any atom is 0.208 e. The quantitative estimate of drug-likeness (QED) is 0.218. The second kappa shape index (κ2) is 22.7. The van der Waals surface area contributed by atoms with Crippen LogP contribution in [0.3, 0.4) is 0 Å². The molecule has 0 bridgehead atoms. The number of thiol groups is 2. The molecular formula is CH3ClOS2. The molecular weight excluding hydrogens is 128 g/mol. The Hall–Kier alpha value is 0.660. The fourth-order valence-electron chi connectivity index (χ4n) is 0. The summed E-state index contributed by atoms with van der Waals surface area (Å²) >= 11 is 10.8. The number of carbonyl (C=O) groups is 1. The lowest BCUT2D eigenvalue weighted by Gasteiger charge is -1.20. The zero-order chi connectivity index (χ0) is 4.71. The summed E-state index contributed by atoms with van der Waals surface area (Å²) in [5, 5.41) is 0. The molecule has 32 valence electrons. The number of rotatable bonds is 0. The zero-order valence-corrected chi connectivity index (χ0v) is 4.80. The summed E-state index contributed by atoms with van der Waals surface area (Å²) in [6.07, 6.45) is 0. The van der Waals surface area contributed by atoms with Crippen molar-refractivity contribution in [3.05, 3.63) is 0 Å². The van der Waals surface area contributed by atoms with Crippen molar-refractivity contribution in [3.63, 3.8) is 0 Å². The number of halogens is 1. The molecule has 0 rings (SSSR count). The first-order valence-corrected chi connectivity index (χ1v) is 2.69. The van der Waals surface area contributed by atoms with E-state index in [0.29, 0.717) is 0 Å². The van der Waals surface area contributed by atoms with Crippen LogP contribution in [-0.2, 0) is 4.79 Å². The fraction of sp³-hybridized carbons (Fsp3) is 0. The highest BCUT2D eigenvalue weighted by molar-refractivity contribution is 8.59. The van der Waals surface area contributed by atoms with E-state index in [1.54, 1.807) is 0 Å². The van der Waals surface area contributed by atoms with Gasteiger partial charge in [0.05, 0.1) is 0 Å². The lowest BCUT2D eigenvalue weighted by molar-refractivity contribution is 0.569. The predicted molar refractivity (Wildman–Crippen MR) is 30.6 cm³/mol. The molecule has 0 unspecified atom stereocenters. The van der Waals surface area contributed by atoms with E-state index in [0.717, 1.165) is 0 Å². The molecule has 0 heterocycles. The van der Waals surface area contributed by atoms with Gasteiger partial charge in [0.25, 0.3) is 0 Å². The van der Waals surface area contributed by atoms with Crippen molar-refractivity contribution in [1.82, 2.24) is 0 Å². The Morgan fingerprint density at radius 1 is 1.60 bits per heavy atom. The summed E-state index contributed by atoms with van der Waals surface area (Å²) in [7, 11) is 0. The number of hydrogen-bond donors (Lipinski definition) is 2. The van der Waals surface area contributed by atoms with Gasteiger partial charge in [-0.05, 0) is 11.6 Å². The summed E-state index contributed by atoms with van der Waals surface area (Å²) in [4.78, 5) is 8.57. The van der Waals surface area contributed by atoms with Gasteiger partial charge < -0.3 is 0 Å². The van der Waals surface area contributed by atoms with Gasteiger partial charge >= 0.3 is 0 Å². The molecule has 0 radical (unpaired) electrons. The molecule has 0 saturated carbocycles. The van der Waals surface area contributed by atoms with Crippen LogP contribution in [0.15, 0.2) is 0 Å². The van der Waals surface area contributed by atoms with Crippen molar-refractivity contribution in [2.75, 3.05) is 0 Å². The Balaban J connectivity index is 0. The maximum atomic E-state index is 8.57. The molecule has 0 aromatic carbocycles. The van der Waals surface area contributed by atoms with Crippen molar-refractivity contribution in [3.8, 4) is 0 Å². The molecule has 0 aliphatic carbocycles. The Morgan fingerprint density at radius 3 is 1.60 bits per heavy atom. The second-order valence-corrected chi connectivity index (χ2v) is 0.267. The molecule has 4 heteroatoms. The van der Waals surface area contributed by atoms with Gasteiger partial charge in [0.1, 0.15) is 0 Å². The van der Waals surface area contributed by atoms with Crippen molar-refractivity contribution < 1.29 is 4.79 Å². The number of hydrogen-bond acceptors (Lipinski definition) is 3. The lowest BCUT2D eigenvalue weighted by Crippen LogP contribution is -1.24. The van der Waals surface area contributed by atoms with Crippen molar-refractivity contribution in [2.45, 2.75) is 0 Å². The first kappa shape index (κ1) is 9.18. The summed E-state index contributed by atoms with van der Waals surface area (Å²) in [5.74, 6) is 0.222. The Morgan fingerprint density at radius 2 is 1.60 bits per heavy atom. The summed E-state index contributed by atoms with van der Waals surface area (Å²) in [6, 6.07) is 0. The van der Waals surface area contributed by atoms with Gasteiger partial charge in [0, 0.05) is 0 Å². The van der Waals surface area contributed by atoms with Gasteiger partial charge in [-0.25, -0.2) is 0 Å². The minimum Gasteiger partial charge on any atom is -0.285 e. The van der Waals surface area contributed by atoms with Crippen LogP contribution in [0.5, 0.6) is 0 Å². The SMILES string of the molecule is O=CCl.SS. The molecule has 0 aromatic heterocycles. The van der Waals surface area contributed by atoms with Gasteiger partial charge in [0.2, 0.25) is 5.75 Å². The predicted octanol–water partition coefficient (Wildman–Crippen LogP) is 1.18. The van der Waals surface area contributed by atoms with Gasteiger partial charge in [-0.1, -0.05) is 0 Å². The molecule has 0 spiro atoms. The van der Waals surface area contributed by atoms with Crippen LogP contribution in [0.1, 0.15) is 0 Å². The minimum atomic E-state index is 0.222. The van der Waals surface area contributed by atoms with E-state index in [1.165, 1.54) is 0 Å². The standard InChI is InChI=1S/CHClO.H2S2/c2-1-3;1-2/h1H;1-2H. The van der Waals surface area contributed by atoms with Crippen LogP contribution in [-0.4, -0.2) is 5.75 Å². The van der Waals surface area contributed by atoms with E-state index in [-0.39, 0.29) is 5.75 Å². The average Bonchev–Trinajstić information content (AvgIpc) is 1.46. The highest BCUT2D eigenvalue weighted by Gasteiger charge is 1.28. The molecule has 0 aliphatic heterocycles. The van der Waals surface area contributed by atoms with Crippen molar-refractivity contribution in [2.24, 2.45) is 0 Å². The smallest absolute Gasteiger partial charge is 0.208 e. The average molecular weight is 131 g/mol. The first-order valence-electron chi connectivity index (χ1n) is 0.654. The van der Waals surface area contributed by atoms with Crippen LogP contribution in [0, 0.1) is 0 Å². The monoisotopic (exact) mass is 130 g/mol. The van der Waals surface area contributed by atoms with E-state index in [1.807, 2.05) is 0 Å². The Kier molecular flexibility index (Phi) is 41.6. The van der Waals surface area contributed by atoms with Gasteiger partial charge in [-0.2, -0.15) is 0 Å². The maximum absolute atomic E-state index is 8.57. The van der Waals surface area contributed by atoms with Crippen molar-refractivity contribution in [1.29, 1.82) is 0 Å². The first-order chi connectivity index (χ1) is 2.41. The van der Waals surface area contributed by atoms with E-state index >= 15 is 0 Å². The summed E-state index contributed by atoms with van der Waals surface area (Å²) in [6.45, 7) is 0. The second-order valence-electron chi connectivity index (χ2n) is 0.0891. The van der Waals surface area contributed by atoms with Crippen LogP contribution in [0.25, 0.3) is 0 Å². The van der Waals surface area contributed by atoms with Gasteiger partial charge in [0.15, 0.2) is 0 Å². The molecule has 0 fully saturated rings. The molecule has 0 N–H and O–H groups in total. The summed E-state index contributed by atoms with van der Waals surface area (Å²) < 4.78 is 0. The molecule has 0 amide bonds. The molecule has 0 aliphatic rings. The normalized spacial score (nSPS) is 3.80. The highest BCUT2D eigenvalue weighted by Crippen LogP contribution is 1.65. The van der Waals surface area contributed by atoms with Crippen LogP contribution in [0.2, 0.25) is 0 Å². The van der Waals surface area contributed by atoms with E-state index in [2.05, 4.69) is 34.9 Å². The molecule has 0 atom stereocenters. The van der Waals surface area contributed by atoms with Gasteiger partial charge in [-0.15, -0.1) is 23.3 Å². The molecule has 0 aromatic rings. The van der Waals surface area contributed by atoms with E-state index in [9.17, 15) is 0 Å². The Labute approximate surface area is 45.9 Å². The van der Waals surface area contributed by atoms with Gasteiger partial charge in [-0.3, -0.25) is 4.79 Å². The zero-order valence-electron chi connectivity index (χ0n) is 2.26. The van der Waals surface area contributed by atoms with Crippen LogP contribution in [0.4, 0.5) is 0 Å². The minimum absolute atomic E-state index is 0.222.